The van der Waals surface area contributed by atoms with Crippen molar-refractivity contribution in [3.63, 3.8) is 0 Å². The van der Waals surface area contributed by atoms with Gasteiger partial charge in [-0.3, -0.25) is 4.99 Å². The first-order chi connectivity index (χ1) is 7.40. The van der Waals surface area contributed by atoms with E-state index in [1.807, 2.05) is 7.05 Å². The largest absolute Gasteiger partial charge is 0.373 e. The summed E-state index contributed by atoms with van der Waals surface area (Å²) in [6, 6.07) is 10.6. The first kappa shape index (κ1) is 10.2. The van der Waals surface area contributed by atoms with Crippen LogP contribution in [0.5, 0.6) is 0 Å². The molecule has 0 saturated heterocycles. The molecule has 0 radical (unpaired) electrons. The van der Waals surface area contributed by atoms with Gasteiger partial charge in [0, 0.05) is 19.5 Å². The van der Waals surface area contributed by atoms with Crippen LogP contribution < -0.4 is 5.32 Å². The van der Waals surface area contributed by atoms with Crippen LogP contribution in [0.15, 0.2) is 35.3 Å². The zero-order valence-electron chi connectivity index (χ0n) is 9.24. The molecule has 0 heterocycles. The third-order valence-corrected chi connectivity index (χ3v) is 2.77. The molecule has 1 saturated carbocycles. The van der Waals surface area contributed by atoms with Crippen LogP contribution in [0.25, 0.3) is 0 Å². The van der Waals surface area contributed by atoms with Crippen molar-refractivity contribution >= 4 is 5.84 Å². The molecule has 0 spiro atoms. The number of aliphatic imine (C=N–C) groups is 1. The predicted molar refractivity (Wildman–Crippen MR) is 64.2 cm³/mol. The van der Waals surface area contributed by atoms with E-state index in [-0.39, 0.29) is 0 Å². The minimum Gasteiger partial charge on any atom is -0.373 e. The maximum atomic E-state index is 4.29. The smallest absolute Gasteiger partial charge is 0.0991 e. The lowest BCUT2D eigenvalue weighted by atomic mass is 10.1. The minimum absolute atomic E-state index is 0.728. The average Bonchev–Trinajstić information content (AvgIpc) is 3.10. The van der Waals surface area contributed by atoms with E-state index in [1.165, 1.54) is 24.2 Å². The number of rotatable bonds is 4. The van der Waals surface area contributed by atoms with Gasteiger partial charge in [0.15, 0.2) is 0 Å². The van der Waals surface area contributed by atoms with Crippen LogP contribution in [-0.2, 0) is 6.42 Å². The first-order valence-corrected chi connectivity index (χ1v) is 5.64. The molecule has 2 heteroatoms. The summed E-state index contributed by atoms with van der Waals surface area (Å²) in [5.74, 6) is 1.93. The van der Waals surface area contributed by atoms with E-state index in [4.69, 9.17) is 0 Å². The standard InChI is InChI=1S/C13H18N2/c1-14-13(12-7-8-12)15-10-9-11-5-3-2-4-6-11/h2-6,12H,7-10H2,1H3,(H,14,15). The van der Waals surface area contributed by atoms with E-state index >= 15 is 0 Å². The predicted octanol–water partition coefficient (Wildman–Crippen LogP) is 2.26. The summed E-state index contributed by atoms with van der Waals surface area (Å²) in [5, 5.41) is 3.43. The molecule has 80 valence electrons. The molecule has 1 N–H and O–H groups in total. The first-order valence-electron chi connectivity index (χ1n) is 5.64. The Kier molecular flexibility index (Phi) is 3.38. The van der Waals surface area contributed by atoms with E-state index in [1.54, 1.807) is 0 Å². The Labute approximate surface area is 91.4 Å². The Bertz CT molecular complexity index is 326. The van der Waals surface area contributed by atoms with E-state index in [9.17, 15) is 0 Å². The fourth-order valence-electron chi connectivity index (χ4n) is 1.74. The molecule has 0 amide bonds. The van der Waals surface area contributed by atoms with Crippen LogP contribution in [0.4, 0.5) is 0 Å². The lowest BCUT2D eigenvalue weighted by Gasteiger charge is -2.07. The molecule has 2 rings (SSSR count). The molecule has 1 fully saturated rings. The fourth-order valence-corrected chi connectivity index (χ4v) is 1.74. The number of nitrogens with one attached hydrogen (secondary N) is 1. The highest BCUT2D eigenvalue weighted by atomic mass is 15.0. The van der Waals surface area contributed by atoms with Crippen molar-refractivity contribution in [1.29, 1.82) is 0 Å². The molecule has 0 atom stereocenters. The molecule has 0 bridgehead atoms. The minimum atomic E-state index is 0.728. The van der Waals surface area contributed by atoms with Crippen LogP contribution in [-0.4, -0.2) is 19.4 Å². The van der Waals surface area contributed by atoms with Crippen LogP contribution in [0, 0.1) is 5.92 Å². The van der Waals surface area contributed by atoms with Gasteiger partial charge in [0.25, 0.3) is 0 Å². The molecule has 0 unspecified atom stereocenters. The summed E-state index contributed by atoms with van der Waals surface area (Å²) in [6.45, 7) is 0.993. The highest BCUT2D eigenvalue weighted by Crippen LogP contribution is 2.29. The SMILES string of the molecule is CN=C(NCCc1ccccc1)C1CC1. The Morgan fingerprint density at radius 1 is 1.33 bits per heavy atom. The molecule has 0 aromatic heterocycles. The number of benzene rings is 1. The van der Waals surface area contributed by atoms with Crippen molar-refractivity contribution in [3.8, 4) is 0 Å². The van der Waals surface area contributed by atoms with Crippen LogP contribution >= 0.6 is 0 Å². The summed E-state index contributed by atoms with van der Waals surface area (Å²) < 4.78 is 0. The molecular weight excluding hydrogens is 184 g/mol. The number of nitrogens with zero attached hydrogens (tertiary/aromatic N) is 1. The summed E-state index contributed by atoms with van der Waals surface area (Å²) in [7, 11) is 1.88. The van der Waals surface area contributed by atoms with Crippen LogP contribution in [0.3, 0.4) is 0 Å². The fraction of sp³-hybridized carbons (Fsp3) is 0.462. The van der Waals surface area contributed by atoms with Crippen molar-refractivity contribution < 1.29 is 0 Å². The second-order valence-corrected chi connectivity index (χ2v) is 4.05. The highest BCUT2D eigenvalue weighted by molar-refractivity contribution is 5.86. The third kappa shape index (κ3) is 3.08. The van der Waals surface area contributed by atoms with Gasteiger partial charge in [-0.15, -0.1) is 0 Å². The second kappa shape index (κ2) is 4.96. The highest BCUT2D eigenvalue weighted by Gasteiger charge is 2.26. The average molecular weight is 202 g/mol. The van der Waals surface area contributed by atoms with Crippen LogP contribution in [0.1, 0.15) is 18.4 Å². The summed E-state index contributed by atoms with van der Waals surface area (Å²) in [5.41, 5.74) is 1.39. The molecule has 1 aromatic rings. The van der Waals surface area contributed by atoms with Crippen molar-refractivity contribution in [3.05, 3.63) is 35.9 Å². The van der Waals surface area contributed by atoms with Gasteiger partial charge in [0.05, 0.1) is 5.84 Å². The molecular formula is C13H18N2. The number of amidine groups is 1. The van der Waals surface area contributed by atoms with E-state index in [2.05, 4.69) is 40.6 Å². The molecule has 1 aliphatic carbocycles. The summed E-state index contributed by atoms with van der Waals surface area (Å²) in [4.78, 5) is 4.29. The maximum absolute atomic E-state index is 4.29. The quantitative estimate of drug-likeness (QED) is 0.588. The van der Waals surface area contributed by atoms with Gasteiger partial charge >= 0.3 is 0 Å². The summed E-state index contributed by atoms with van der Waals surface area (Å²) in [6.07, 6.45) is 3.70. The molecule has 1 aromatic carbocycles. The monoisotopic (exact) mass is 202 g/mol. The van der Waals surface area contributed by atoms with Gasteiger partial charge in [-0.1, -0.05) is 30.3 Å². The van der Waals surface area contributed by atoms with Gasteiger partial charge in [-0.25, -0.2) is 0 Å². The summed E-state index contributed by atoms with van der Waals surface area (Å²) >= 11 is 0. The lowest BCUT2D eigenvalue weighted by Crippen LogP contribution is -2.27. The van der Waals surface area contributed by atoms with E-state index in [0.717, 1.165) is 18.9 Å². The van der Waals surface area contributed by atoms with Gasteiger partial charge in [0.1, 0.15) is 0 Å². The Morgan fingerprint density at radius 3 is 2.67 bits per heavy atom. The Hall–Kier alpha value is -1.31. The van der Waals surface area contributed by atoms with Crippen molar-refractivity contribution in [2.45, 2.75) is 19.3 Å². The van der Waals surface area contributed by atoms with Gasteiger partial charge in [-0.05, 0) is 24.8 Å². The van der Waals surface area contributed by atoms with Gasteiger partial charge < -0.3 is 5.32 Å². The third-order valence-electron chi connectivity index (χ3n) is 2.77. The Balaban J connectivity index is 1.74. The molecule has 0 aliphatic heterocycles. The Morgan fingerprint density at radius 2 is 2.07 bits per heavy atom. The number of hydrogen-bond donors (Lipinski definition) is 1. The number of hydrogen-bond acceptors (Lipinski definition) is 1. The van der Waals surface area contributed by atoms with Gasteiger partial charge in [0.2, 0.25) is 0 Å². The second-order valence-electron chi connectivity index (χ2n) is 4.05. The zero-order chi connectivity index (χ0) is 10.5. The lowest BCUT2D eigenvalue weighted by molar-refractivity contribution is 0.836. The van der Waals surface area contributed by atoms with E-state index < -0.39 is 0 Å². The van der Waals surface area contributed by atoms with E-state index in [0.29, 0.717) is 0 Å². The van der Waals surface area contributed by atoms with Crippen molar-refractivity contribution in [2.24, 2.45) is 10.9 Å². The molecule has 2 nitrogen and oxygen atoms in total. The van der Waals surface area contributed by atoms with Crippen LogP contribution in [0.2, 0.25) is 0 Å². The molecule has 1 aliphatic rings. The normalized spacial score (nSPS) is 16.5. The van der Waals surface area contributed by atoms with Crippen molar-refractivity contribution in [1.82, 2.24) is 5.32 Å². The topological polar surface area (TPSA) is 24.4 Å². The maximum Gasteiger partial charge on any atom is 0.0991 e. The van der Waals surface area contributed by atoms with Gasteiger partial charge in [-0.2, -0.15) is 0 Å². The zero-order valence-corrected chi connectivity index (χ0v) is 9.24. The molecule has 15 heavy (non-hydrogen) atoms. The van der Waals surface area contributed by atoms with Crippen molar-refractivity contribution in [2.75, 3.05) is 13.6 Å².